The van der Waals surface area contributed by atoms with Gasteiger partial charge >= 0.3 is 0 Å². The van der Waals surface area contributed by atoms with Crippen LogP contribution < -0.4 is 9.47 Å². The third kappa shape index (κ3) is 5.18. The fourth-order valence-corrected chi connectivity index (χ4v) is 1.61. The molecule has 5 heteroatoms. The van der Waals surface area contributed by atoms with Crippen molar-refractivity contribution in [1.29, 1.82) is 0 Å². The minimum absolute atomic E-state index is 0.0260. The largest absolute Gasteiger partial charge is 0.494 e. The molecule has 0 atom stereocenters. The Balaban J connectivity index is 2.45. The van der Waals surface area contributed by atoms with E-state index in [1.165, 1.54) is 0 Å². The summed E-state index contributed by atoms with van der Waals surface area (Å²) in [5, 5.41) is 8.83. The van der Waals surface area contributed by atoms with Crippen LogP contribution in [0.3, 0.4) is 0 Å². The van der Waals surface area contributed by atoms with E-state index in [9.17, 15) is 4.79 Å². The molecule has 0 fully saturated rings. The molecule has 0 bridgehead atoms. The highest BCUT2D eigenvalue weighted by molar-refractivity contribution is 5.77. The standard InChI is InChI=1S/C14H21NO4/c1-3-15(9-10-16)14(17)11-19-13-7-5-12(6-8-13)18-4-2/h5-8,16H,3-4,9-11H2,1-2H3. The number of likely N-dealkylation sites (N-methyl/N-ethyl adjacent to an activating group) is 1. The molecule has 0 unspecified atom stereocenters. The van der Waals surface area contributed by atoms with Gasteiger partial charge < -0.3 is 19.5 Å². The van der Waals surface area contributed by atoms with E-state index in [1.54, 1.807) is 29.2 Å². The van der Waals surface area contributed by atoms with E-state index in [1.807, 2.05) is 13.8 Å². The van der Waals surface area contributed by atoms with Crippen molar-refractivity contribution in [3.63, 3.8) is 0 Å². The molecule has 19 heavy (non-hydrogen) atoms. The lowest BCUT2D eigenvalue weighted by Gasteiger charge is -2.19. The van der Waals surface area contributed by atoms with Crippen LogP contribution in [-0.4, -0.2) is 48.8 Å². The van der Waals surface area contributed by atoms with Gasteiger partial charge in [0.15, 0.2) is 6.61 Å². The molecule has 0 spiro atoms. The Kier molecular flexibility index (Phi) is 6.74. The molecule has 0 radical (unpaired) electrons. The van der Waals surface area contributed by atoms with E-state index in [4.69, 9.17) is 14.6 Å². The number of hydrogen-bond donors (Lipinski definition) is 1. The Morgan fingerprint density at radius 2 is 1.74 bits per heavy atom. The van der Waals surface area contributed by atoms with Crippen molar-refractivity contribution in [2.75, 3.05) is 32.9 Å². The number of carbonyl (C=O) groups is 1. The molecule has 0 aromatic heterocycles. The Morgan fingerprint density at radius 3 is 2.21 bits per heavy atom. The molecule has 0 saturated heterocycles. The smallest absolute Gasteiger partial charge is 0.260 e. The predicted molar refractivity (Wildman–Crippen MR) is 72.4 cm³/mol. The lowest BCUT2D eigenvalue weighted by atomic mass is 10.3. The normalized spacial score (nSPS) is 10.1. The van der Waals surface area contributed by atoms with E-state index in [0.717, 1.165) is 5.75 Å². The van der Waals surface area contributed by atoms with Crippen molar-refractivity contribution in [2.24, 2.45) is 0 Å². The second-order valence-corrected chi connectivity index (χ2v) is 3.89. The summed E-state index contributed by atoms with van der Waals surface area (Å²) in [6, 6.07) is 7.13. The van der Waals surface area contributed by atoms with Crippen LogP contribution in [0.2, 0.25) is 0 Å². The molecule has 0 aliphatic carbocycles. The van der Waals surface area contributed by atoms with Crippen LogP contribution in [0.15, 0.2) is 24.3 Å². The van der Waals surface area contributed by atoms with Crippen LogP contribution in [0.5, 0.6) is 11.5 Å². The fourth-order valence-electron chi connectivity index (χ4n) is 1.61. The van der Waals surface area contributed by atoms with Gasteiger partial charge in [0, 0.05) is 13.1 Å². The summed E-state index contributed by atoms with van der Waals surface area (Å²) in [5.41, 5.74) is 0. The molecule has 1 amide bonds. The van der Waals surface area contributed by atoms with E-state index in [2.05, 4.69) is 0 Å². The maximum atomic E-state index is 11.8. The first kappa shape index (κ1) is 15.3. The Hall–Kier alpha value is -1.75. The Morgan fingerprint density at radius 1 is 1.16 bits per heavy atom. The van der Waals surface area contributed by atoms with Gasteiger partial charge in [0.25, 0.3) is 5.91 Å². The minimum Gasteiger partial charge on any atom is -0.494 e. The molecule has 1 rings (SSSR count). The van der Waals surface area contributed by atoms with Crippen molar-refractivity contribution in [1.82, 2.24) is 4.90 Å². The van der Waals surface area contributed by atoms with E-state index in [0.29, 0.717) is 25.4 Å². The average Bonchev–Trinajstić information content (AvgIpc) is 2.44. The number of hydrogen-bond acceptors (Lipinski definition) is 4. The highest BCUT2D eigenvalue weighted by Crippen LogP contribution is 2.17. The van der Waals surface area contributed by atoms with Gasteiger partial charge in [-0.2, -0.15) is 0 Å². The molecule has 0 heterocycles. The third-order valence-electron chi connectivity index (χ3n) is 2.60. The SMILES string of the molecule is CCOc1ccc(OCC(=O)N(CC)CCO)cc1. The molecule has 1 aromatic rings. The van der Waals surface area contributed by atoms with Crippen LogP contribution in [0.4, 0.5) is 0 Å². The Labute approximate surface area is 113 Å². The summed E-state index contributed by atoms with van der Waals surface area (Å²) in [6.07, 6.45) is 0. The van der Waals surface area contributed by atoms with Crippen molar-refractivity contribution in [3.05, 3.63) is 24.3 Å². The maximum Gasteiger partial charge on any atom is 0.260 e. The Bertz CT molecular complexity index is 378. The highest BCUT2D eigenvalue weighted by atomic mass is 16.5. The third-order valence-corrected chi connectivity index (χ3v) is 2.60. The number of aliphatic hydroxyl groups excluding tert-OH is 1. The summed E-state index contributed by atoms with van der Waals surface area (Å²) >= 11 is 0. The first-order valence-corrected chi connectivity index (χ1v) is 6.45. The van der Waals surface area contributed by atoms with Crippen LogP contribution >= 0.6 is 0 Å². The van der Waals surface area contributed by atoms with Gasteiger partial charge in [-0.3, -0.25) is 4.79 Å². The monoisotopic (exact) mass is 267 g/mol. The molecule has 0 aliphatic heterocycles. The summed E-state index contributed by atoms with van der Waals surface area (Å²) in [4.78, 5) is 13.3. The average molecular weight is 267 g/mol. The summed E-state index contributed by atoms with van der Waals surface area (Å²) in [6.45, 7) is 5.23. The number of benzene rings is 1. The van der Waals surface area contributed by atoms with Crippen molar-refractivity contribution in [2.45, 2.75) is 13.8 Å². The quantitative estimate of drug-likeness (QED) is 0.771. The molecular formula is C14H21NO4. The lowest BCUT2D eigenvalue weighted by molar-refractivity contribution is -0.133. The number of amides is 1. The number of nitrogens with zero attached hydrogens (tertiary/aromatic N) is 1. The number of ether oxygens (including phenoxy) is 2. The van der Waals surface area contributed by atoms with Crippen molar-refractivity contribution < 1.29 is 19.4 Å². The van der Waals surface area contributed by atoms with Crippen molar-refractivity contribution >= 4 is 5.91 Å². The predicted octanol–water partition coefficient (Wildman–Crippen LogP) is 1.30. The number of rotatable bonds is 8. The van der Waals surface area contributed by atoms with Crippen LogP contribution in [0.1, 0.15) is 13.8 Å². The van der Waals surface area contributed by atoms with Gasteiger partial charge in [-0.05, 0) is 38.1 Å². The molecule has 1 N–H and O–H groups in total. The van der Waals surface area contributed by atoms with Crippen LogP contribution in [-0.2, 0) is 4.79 Å². The second kappa shape index (κ2) is 8.37. The molecule has 5 nitrogen and oxygen atoms in total. The molecule has 0 saturated carbocycles. The van der Waals surface area contributed by atoms with Gasteiger partial charge in [-0.25, -0.2) is 0 Å². The van der Waals surface area contributed by atoms with E-state index >= 15 is 0 Å². The number of aliphatic hydroxyl groups is 1. The molecule has 1 aromatic carbocycles. The van der Waals surface area contributed by atoms with Crippen molar-refractivity contribution in [3.8, 4) is 11.5 Å². The summed E-state index contributed by atoms with van der Waals surface area (Å²) in [7, 11) is 0. The topological polar surface area (TPSA) is 59.0 Å². The fraction of sp³-hybridized carbons (Fsp3) is 0.500. The molecular weight excluding hydrogens is 246 g/mol. The lowest BCUT2D eigenvalue weighted by Crippen LogP contribution is -2.36. The van der Waals surface area contributed by atoms with Gasteiger partial charge in [-0.15, -0.1) is 0 Å². The number of carbonyl (C=O) groups excluding carboxylic acids is 1. The van der Waals surface area contributed by atoms with Gasteiger partial charge in [-0.1, -0.05) is 0 Å². The zero-order valence-corrected chi connectivity index (χ0v) is 11.5. The van der Waals surface area contributed by atoms with Gasteiger partial charge in [0.05, 0.1) is 13.2 Å². The van der Waals surface area contributed by atoms with Gasteiger partial charge in [0.1, 0.15) is 11.5 Å². The van der Waals surface area contributed by atoms with E-state index in [-0.39, 0.29) is 19.1 Å². The van der Waals surface area contributed by atoms with Crippen LogP contribution in [0.25, 0.3) is 0 Å². The first-order chi connectivity index (χ1) is 9.21. The first-order valence-electron chi connectivity index (χ1n) is 6.45. The highest BCUT2D eigenvalue weighted by Gasteiger charge is 2.11. The minimum atomic E-state index is -0.134. The summed E-state index contributed by atoms with van der Waals surface area (Å²) < 4.78 is 10.7. The maximum absolute atomic E-state index is 11.8. The second-order valence-electron chi connectivity index (χ2n) is 3.89. The van der Waals surface area contributed by atoms with Crippen LogP contribution in [0, 0.1) is 0 Å². The molecule has 106 valence electrons. The molecule has 0 aliphatic rings. The summed E-state index contributed by atoms with van der Waals surface area (Å²) in [5.74, 6) is 1.26. The van der Waals surface area contributed by atoms with E-state index < -0.39 is 0 Å². The zero-order valence-electron chi connectivity index (χ0n) is 11.5. The van der Waals surface area contributed by atoms with Gasteiger partial charge in [0.2, 0.25) is 0 Å². The zero-order chi connectivity index (χ0) is 14.1.